The normalized spacial score (nSPS) is 23.4. The molecular formula is C13H17N5. The minimum Gasteiger partial charge on any atom is -0.399 e. The number of nitrogens with zero attached hydrogens (tertiary/aromatic N) is 4. The van der Waals surface area contributed by atoms with Crippen molar-refractivity contribution >= 4 is 5.69 Å². The largest absolute Gasteiger partial charge is 0.399 e. The predicted octanol–water partition coefficient (Wildman–Crippen LogP) is 2.28. The fourth-order valence-electron chi connectivity index (χ4n) is 2.71. The van der Waals surface area contributed by atoms with E-state index in [4.69, 9.17) is 5.73 Å². The number of nitrogen functional groups attached to an aromatic ring is 1. The number of aromatic nitrogens is 4. The van der Waals surface area contributed by atoms with E-state index in [0.29, 0.717) is 6.04 Å². The van der Waals surface area contributed by atoms with Gasteiger partial charge in [0.05, 0.1) is 6.04 Å². The van der Waals surface area contributed by atoms with E-state index in [1.165, 1.54) is 6.42 Å². The van der Waals surface area contributed by atoms with Crippen molar-refractivity contribution in [1.82, 2.24) is 20.2 Å². The monoisotopic (exact) mass is 243 g/mol. The Morgan fingerprint density at radius 3 is 2.94 bits per heavy atom. The second kappa shape index (κ2) is 4.40. The van der Waals surface area contributed by atoms with E-state index in [9.17, 15) is 0 Å². The van der Waals surface area contributed by atoms with Crippen molar-refractivity contribution in [2.45, 2.75) is 32.2 Å². The molecule has 1 aromatic carbocycles. The standard InChI is InChI=1S/C13H17N5/c1-9-5-6-12(7-9)18-13(15-16-17-18)10-3-2-4-11(14)8-10/h2-4,8-9,12H,5-7,14H2,1H3. The molecule has 1 aliphatic rings. The van der Waals surface area contributed by atoms with Crippen molar-refractivity contribution in [1.29, 1.82) is 0 Å². The fourth-order valence-corrected chi connectivity index (χ4v) is 2.71. The lowest BCUT2D eigenvalue weighted by atomic mass is 10.1. The molecule has 94 valence electrons. The van der Waals surface area contributed by atoms with Crippen LogP contribution >= 0.6 is 0 Å². The minimum atomic E-state index is 0.423. The highest BCUT2D eigenvalue weighted by molar-refractivity contribution is 5.60. The summed E-state index contributed by atoms with van der Waals surface area (Å²) in [5.41, 5.74) is 7.54. The Morgan fingerprint density at radius 1 is 1.33 bits per heavy atom. The summed E-state index contributed by atoms with van der Waals surface area (Å²) in [6.45, 7) is 2.28. The number of benzene rings is 1. The van der Waals surface area contributed by atoms with Gasteiger partial charge in [0.2, 0.25) is 0 Å². The molecule has 3 rings (SSSR count). The molecule has 2 unspecified atom stereocenters. The Kier molecular flexibility index (Phi) is 2.74. The highest BCUT2D eigenvalue weighted by atomic mass is 15.5. The maximum Gasteiger partial charge on any atom is 0.182 e. The number of nitrogens with two attached hydrogens (primary N) is 1. The van der Waals surface area contributed by atoms with Crippen molar-refractivity contribution in [3.8, 4) is 11.4 Å². The molecule has 1 saturated carbocycles. The second-order valence-electron chi connectivity index (χ2n) is 5.14. The zero-order valence-electron chi connectivity index (χ0n) is 10.5. The molecule has 18 heavy (non-hydrogen) atoms. The third-order valence-electron chi connectivity index (χ3n) is 3.65. The van der Waals surface area contributed by atoms with Gasteiger partial charge in [-0.05, 0) is 47.7 Å². The first-order valence-electron chi connectivity index (χ1n) is 6.38. The lowest BCUT2D eigenvalue weighted by Crippen LogP contribution is -2.09. The third-order valence-corrected chi connectivity index (χ3v) is 3.65. The van der Waals surface area contributed by atoms with Gasteiger partial charge < -0.3 is 5.73 Å². The molecule has 1 aromatic heterocycles. The Labute approximate surface area is 106 Å². The van der Waals surface area contributed by atoms with E-state index in [1.807, 2.05) is 28.9 Å². The van der Waals surface area contributed by atoms with Crippen LogP contribution in [0, 0.1) is 5.92 Å². The molecule has 0 amide bonds. The highest BCUT2D eigenvalue weighted by Crippen LogP contribution is 2.35. The van der Waals surface area contributed by atoms with Crippen LogP contribution in [0.1, 0.15) is 32.2 Å². The summed E-state index contributed by atoms with van der Waals surface area (Å²) in [5.74, 6) is 1.58. The lowest BCUT2D eigenvalue weighted by molar-refractivity contribution is 0.443. The Bertz CT molecular complexity index is 548. The fraction of sp³-hybridized carbons (Fsp3) is 0.462. The van der Waals surface area contributed by atoms with Gasteiger partial charge in [0.15, 0.2) is 5.82 Å². The maximum absolute atomic E-state index is 5.81. The number of hydrogen-bond donors (Lipinski definition) is 1. The molecule has 5 nitrogen and oxygen atoms in total. The first-order valence-corrected chi connectivity index (χ1v) is 6.38. The molecule has 0 aliphatic heterocycles. The zero-order valence-corrected chi connectivity index (χ0v) is 10.5. The first kappa shape index (κ1) is 11.2. The first-order chi connectivity index (χ1) is 8.74. The van der Waals surface area contributed by atoms with E-state index < -0.39 is 0 Å². The third kappa shape index (κ3) is 1.96. The highest BCUT2D eigenvalue weighted by Gasteiger charge is 2.26. The maximum atomic E-state index is 5.81. The molecule has 0 spiro atoms. The molecule has 1 fully saturated rings. The summed E-state index contributed by atoms with van der Waals surface area (Å²) >= 11 is 0. The van der Waals surface area contributed by atoms with Gasteiger partial charge in [0.1, 0.15) is 0 Å². The summed E-state index contributed by atoms with van der Waals surface area (Å²) in [5, 5.41) is 12.1. The Hall–Kier alpha value is -1.91. The van der Waals surface area contributed by atoms with Crippen molar-refractivity contribution in [2.24, 2.45) is 5.92 Å². The van der Waals surface area contributed by atoms with E-state index >= 15 is 0 Å². The van der Waals surface area contributed by atoms with Crippen LogP contribution in [0.15, 0.2) is 24.3 Å². The molecule has 2 atom stereocenters. The molecule has 2 aromatic rings. The van der Waals surface area contributed by atoms with Crippen molar-refractivity contribution in [2.75, 3.05) is 5.73 Å². The average Bonchev–Trinajstić information content (AvgIpc) is 2.96. The number of anilines is 1. The van der Waals surface area contributed by atoms with Gasteiger partial charge in [-0.2, -0.15) is 0 Å². The molecule has 0 bridgehead atoms. The van der Waals surface area contributed by atoms with Crippen LogP contribution in [0.4, 0.5) is 5.69 Å². The SMILES string of the molecule is CC1CCC(n2nnnc2-c2cccc(N)c2)C1. The van der Waals surface area contributed by atoms with Gasteiger partial charge in [-0.3, -0.25) is 0 Å². The van der Waals surface area contributed by atoms with Crippen molar-refractivity contribution < 1.29 is 0 Å². The zero-order chi connectivity index (χ0) is 12.5. The lowest BCUT2D eigenvalue weighted by Gasteiger charge is -2.12. The van der Waals surface area contributed by atoms with Crippen molar-refractivity contribution in [3.63, 3.8) is 0 Å². The predicted molar refractivity (Wildman–Crippen MR) is 69.7 cm³/mol. The number of rotatable bonds is 2. The summed E-state index contributed by atoms with van der Waals surface area (Å²) < 4.78 is 1.96. The quantitative estimate of drug-likeness (QED) is 0.821. The molecule has 1 heterocycles. The summed E-state index contributed by atoms with van der Waals surface area (Å²) in [7, 11) is 0. The molecular weight excluding hydrogens is 226 g/mol. The average molecular weight is 243 g/mol. The molecule has 0 saturated heterocycles. The van der Waals surface area contributed by atoms with Crippen LogP contribution in [0.2, 0.25) is 0 Å². The van der Waals surface area contributed by atoms with Gasteiger partial charge in [-0.1, -0.05) is 19.1 Å². The smallest absolute Gasteiger partial charge is 0.182 e. The van der Waals surface area contributed by atoms with Crippen LogP contribution < -0.4 is 5.73 Å². The number of hydrogen-bond acceptors (Lipinski definition) is 4. The van der Waals surface area contributed by atoms with Crippen LogP contribution in [0.25, 0.3) is 11.4 Å². The van der Waals surface area contributed by atoms with Crippen LogP contribution in [-0.4, -0.2) is 20.2 Å². The summed E-state index contributed by atoms with van der Waals surface area (Å²) in [4.78, 5) is 0. The van der Waals surface area contributed by atoms with Gasteiger partial charge >= 0.3 is 0 Å². The van der Waals surface area contributed by atoms with E-state index in [0.717, 1.165) is 35.8 Å². The summed E-state index contributed by atoms with van der Waals surface area (Å²) in [6.07, 6.45) is 3.56. The topological polar surface area (TPSA) is 69.6 Å². The van der Waals surface area contributed by atoms with E-state index in [2.05, 4.69) is 22.4 Å². The molecule has 2 N–H and O–H groups in total. The van der Waals surface area contributed by atoms with Gasteiger partial charge in [-0.25, -0.2) is 4.68 Å². The van der Waals surface area contributed by atoms with E-state index in [-0.39, 0.29) is 0 Å². The van der Waals surface area contributed by atoms with Gasteiger partial charge in [0.25, 0.3) is 0 Å². The second-order valence-corrected chi connectivity index (χ2v) is 5.14. The minimum absolute atomic E-state index is 0.423. The van der Waals surface area contributed by atoms with Gasteiger partial charge in [-0.15, -0.1) is 5.10 Å². The molecule has 0 radical (unpaired) electrons. The van der Waals surface area contributed by atoms with Gasteiger partial charge in [0, 0.05) is 11.3 Å². The van der Waals surface area contributed by atoms with Crippen LogP contribution in [-0.2, 0) is 0 Å². The Balaban J connectivity index is 1.96. The summed E-state index contributed by atoms with van der Waals surface area (Å²) in [6, 6.07) is 8.14. The Morgan fingerprint density at radius 2 is 2.22 bits per heavy atom. The molecule has 5 heteroatoms. The van der Waals surface area contributed by atoms with Crippen molar-refractivity contribution in [3.05, 3.63) is 24.3 Å². The van der Waals surface area contributed by atoms with Crippen LogP contribution in [0.5, 0.6) is 0 Å². The molecule has 1 aliphatic carbocycles. The number of tetrazole rings is 1. The van der Waals surface area contributed by atoms with E-state index in [1.54, 1.807) is 0 Å². The van der Waals surface area contributed by atoms with Crippen LogP contribution in [0.3, 0.4) is 0 Å².